The number of hydrogen-bond acceptors (Lipinski definition) is 8. The highest BCUT2D eigenvalue weighted by Gasteiger charge is 2.27. The molecule has 0 amide bonds. The van der Waals surface area contributed by atoms with Gasteiger partial charge in [0.1, 0.15) is 28.2 Å². The first-order chi connectivity index (χ1) is 16.8. The Kier molecular flexibility index (Phi) is 6.09. The van der Waals surface area contributed by atoms with Crippen LogP contribution in [0, 0.1) is 23.0 Å². The molecule has 11 heteroatoms. The van der Waals surface area contributed by atoms with E-state index in [0.717, 1.165) is 17.8 Å². The van der Waals surface area contributed by atoms with Gasteiger partial charge in [0.25, 0.3) is 0 Å². The minimum absolute atomic E-state index is 0.00113. The summed E-state index contributed by atoms with van der Waals surface area (Å²) in [7, 11) is 1.41. The van der Waals surface area contributed by atoms with E-state index in [2.05, 4.69) is 9.97 Å². The Balaban J connectivity index is 1.82. The molecule has 1 fully saturated rings. The molecule has 2 aromatic heterocycles. The molecule has 2 N–H and O–H groups in total. The summed E-state index contributed by atoms with van der Waals surface area (Å²) in [5.41, 5.74) is 6.30. The van der Waals surface area contributed by atoms with Crippen LogP contribution in [0.4, 0.5) is 19.6 Å². The van der Waals surface area contributed by atoms with E-state index in [4.69, 9.17) is 26.8 Å². The first-order valence-corrected chi connectivity index (χ1v) is 12.0. The van der Waals surface area contributed by atoms with Crippen LogP contribution in [0.5, 0.6) is 6.01 Å². The molecule has 180 valence electrons. The molecule has 4 aromatic rings. The van der Waals surface area contributed by atoms with Gasteiger partial charge in [-0.15, -0.1) is 11.3 Å². The molecule has 1 aliphatic heterocycles. The summed E-state index contributed by atoms with van der Waals surface area (Å²) < 4.78 is 41.9. The molecule has 5 rings (SSSR count). The van der Waals surface area contributed by atoms with Gasteiger partial charge in [0, 0.05) is 35.5 Å². The van der Waals surface area contributed by atoms with Gasteiger partial charge in [-0.25, -0.2) is 8.78 Å². The molecule has 2 aromatic carbocycles. The summed E-state index contributed by atoms with van der Waals surface area (Å²) in [6.45, 7) is 3.70. The van der Waals surface area contributed by atoms with Crippen molar-refractivity contribution in [1.29, 1.82) is 5.26 Å². The lowest BCUT2D eigenvalue weighted by Crippen LogP contribution is -2.34. The number of nitrogens with zero attached hydrogens (tertiary/aromatic N) is 4. The third-order valence-corrected chi connectivity index (χ3v) is 7.51. The number of thiophene rings is 1. The zero-order valence-corrected chi connectivity index (χ0v) is 20.4. The Morgan fingerprint density at radius 2 is 2.11 bits per heavy atom. The second-order valence-corrected chi connectivity index (χ2v) is 9.63. The maximum absolute atomic E-state index is 16.2. The molecule has 0 unspecified atom stereocenters. The van der Waals surface area contributed by atoms with Crippen molar-refractivity contribution in [2.45, 2.75) is 19.4 Å². The predicted octanol–water partition coefficient (Wildman–Crippen LogP) is 5.52. The number of nitrogens with two attached hydrogens (primary N) is 1. The summed E-state index contributed by atoms with van der Waals surface area (Å²) in [5, 5.41) is 10.5. The largest absolute Gasteiger partial charge is 0.467 e. The van der Waals surface area contributed by atoms with E-state index in [-0.39, 0.29) is 54.4 Å². The van der Waals surface area contributed by atoms with Gasteiger partial charge in [0.15, 0.2) is 5.82 Å². The van der Waals surface area contributed by atoms with Crippen molar-refractivity contribution >= 4 is 54.7 Å². The number of nitriles is 1. The fraction of sp³-hybridized carbons (Fsp3) is 0.292. The van der Waals surface area contributed by atoms with E-state index < -0.39 is 11.6 Å². The number of aromatic nitrogens is 2. The van der Waals surface area contributed by atoms with Crippen molar-refractivity contribution in [3.8, 4) is 23.2 Å². The van der Waals surface area contributed by atoms with E-state index in [0.29, 0.717) is 31.0 Å². The molecule has 35 heavy (non-hydrogen) atoms. The number of hydrogen-bond donors (Lipinski definition) is 1. The van der Waals surface area contributed by atoms with Crippen molar-refractivity contribution in [3.63, 3.8) is 0 Å². The number of halogens is 3. The Bertz CT molecular complexity index is 1520. The fourth-order valence-corrected chi connectivity index (χ4v) is 5.68. The van der Waals surface area contributed by atoms with Crippen LogP contribution in [0.3, 0.4) is 0 Å². The van der Waals surface area contributed by atoms with Gasteiger partial charge in [-0.2, -0.15) is 15.2 Å². The van der Waals surface area contributed by atoms with Crippen LogP contribution >= 0.6 is 22.9 Å². The van der Waals surface area contributed by atoms with Gasteiger partial charge >= 0.3 is 6.01 Å². The molecule has 7 nitrogen and oxygen atoms in total. The Labute approximate surface area is 208 Å². The standard InChI is InChI=1S/C24H20ClF2N5O2S/c1-11-5-7-34-8-6-32(11)23-13-9-15(25)18(19(27)20(13)30-24(31-23)33-2)12-3-4-16(26)21-17(12)14(10-28)22(29)35-21/h3-4,9,11H,5-8,29H2,1-2H3/t11-/m1/s1. The van der Waals surface area contributed by atoms with Crippen LogP contribution < -0.4 is 15.4 Å². The number of anilines is 2. The van der Waals surface area contributed by atoms with E-state index in [9.17, 15) is 9.65 Å². The maximum atomic E-state index is 16.2. The number of nitrogen functional groups attached to an aromatic ring is 1. The van der Waals surface area contributed by atoms with Crippen molar-refractivity contribution in [3.05, 3.63) is 40.4 Å². The Morgan fingerprint density at radius 3 is 2.86 bits per heavy atom. The minimum atomic E-state index is -0.727. The van der Waals surface area contributed by atoms with Crippen molar-refractivity contribution in [2.24, 2.45) is 0 Å². The zero-order valence-electron chi connectivity index (χ0n) is 18.9. The average Bonchev–Trinajstić information content (AvgIpc) is 3.04. The number of fused-ring (bicyclic) bond motifs is 2. The first kappa shape index (κ1) is 23.5. The smallest absolute Gasteiger partial charge is 0.318 e. The number of benzene rings is 2. The lowest BCUT2D eigenvalue weighted by Gasteiger charge is -2.29. The van der Waals surface area contributed by atoms with E-state index in [1.807, 2.05) is 17.9 Å². The van der Waals surface area contributed by atoms with Gasteiger partial charge in [-0.1, -0.05) is 17.7 Å². The lowest BCUT2D eigenvalue weighted by atomic mass is 9.97. The highest BCUT2D eigenvalue weighted by Crippen LogP contribution is 2.45. The van der Waals surface area contributed by atoms with Crippen LogP contribution in [0.25, 0.3) is 32.1 Å². The number of ether oxygens (including phenoxy) is 2. The predicted molar refractivity (Wildman–Crippen MR) is 133 cm³/mol. The van der Waals surface area contributed by atoms with E-state index >= 15 is 4.39 Å². The van der Waals surface area contributed by atoms with Crippen LogP contribution in [0.1, 0.15) is 18.9 Å². The normalized spacial score (nSPS) is 16.5. The van der Waals surface area contributed by atoms with E-state index in [1.165, 1.54) is 19.2 Å². The Morgan fingerprint density at radius 1 is 1.31 bits per heavy atom. The molecule has 0 saturated carbocycles. The fourth-order valence-electron chi connectivity index (χ4n) is 4.44. The third kappa shape index (κ3) is 3.80. The topological polar surface area (TPSA) is 97.3 Å². The average molecular weight is 516 g/mol. The van der Waals surface area contributed by atoms with Crippen LogP contribution in [0.15, 0.2) is 18.2 Å². The molecule has 0 aliphatic carbocycles. The third-order valence-electron chi connectivity index (χ3n) is 6.18. The van der Waals surface area contributed by atoms with Gasteiger partial charge < -0.3 is 20.1 Å². The first-order valence-electron chi connectivity index (χ1n) is 10.8. The minimum Gasteiger partial charge on any atom is -0.467 e. The van der Waals surface area contributed by atoms with Crippen LogP contribution in [-0.2, 0) is 4.74 Å². The summed E-state index contributed by atoms with van der Waals surface area (Å²) in [4.78, 5) is 10.8. The second-order valence-electron chi connectivity index (χ2n) is 8.17. The maximum Gasteiger partial charge on any atom is 0.318 e. The number of methoxy groups -OCH3 is 1. The molecule has 0 bridgehead atoms. The van der Waals surface area contributed by atoms with Crippen LogP contribution in [0.2, 0.25) is 5.02 Å². The monoisotopic (exact) mass is 515 g/mol. The van der Waals surface area contributed by atoms with Gasteiger partial charge in [0.05, 0.1) is 29.0 Å². The summed E-state index contributed by atoms with van der Waals surface area (Å²) in [6, 6.07) is 6.28. The summed E-state index contributed by atoms with van der Waals surface area (Å²) >= 11 is 7.60. The molecule has 1 saturated heterocycles. The van der Waals surface area contributed by atoms with Crippen molar-refractivity contribution in [1.82, 2.24) is 9.97 Å². The molecular weight excluding hydrogens is 496 g/mol. The number of rotatable bonds is 3. The van der Waals surface area contributed by atoms with Crippen molar-refractivity contribution in [2.75, 3.05) is 37.5 Å². The van der Waals surface area contributed by atoms with E-state index in [1.54, 1.807) is 6.07 Å². The highest BCUT2D eigenvalue weighted by molar-refractivity contribution is 7.23. The van der Waals surface area contributed by atoms with Crippen LogP contribution in [-0.4, -0.2) is 42.9 Å². The zero-order chi connectivity index (χ0) is 24.9. The second kappa shape index (κ2) is 9.07. The SMILES string of the molecule is COc1nc(N2CCOCC[C@H]2C)c2cc(Cl)c(-c3ccc(F)c4sc(N)c(C#N)c34)c(F)c2n1. The molecule has 1 atom stereocenters. The quantitative estimate of drug-likeness (QED) is 0.383. The van der Waals surface area contributed by atoms with Gasteiger partial charge in [-0.05, 0) is 31.0 Å². The summed E-state index contributed by atoms with van der Waals surface area (Å²) in [5.74, 6) is -0.795. The van der Waals surface area contributed by atoms with Gasteiger partial charge in [0.2, 0.25) is 0 Å². The molecule has 1 aliphatic rings. The molecular formula is C24H20ClF2N5O2S. The Hall–Kier alpha value is -3.26. The molecule has 0 spiro atoms. The lowest BCUT2D eigenvalue weighted by molar-refractivity contribution is 0.150. The molecule has 0 radical (unpaired) electrons. The van der Waals surface area contributed by atoms with Crippen molar-refractivity contribution < 1.29 is 18.3 Å². The summed E-state index contributed by atoms with van der Waals surface area (Å²) in [6.07, 6.45) is 0.770. The van der Waals surface area contributed by atoms with Gasteiger partial charge in [-0.3, -0.25) is 0 Å². The highest BCUT2D eigenvalue weighted by atomic mass is 35.5. The molecule has 3 heterocycles.